The van der Waals surface area contributed by atoms with Crippen LogP contribution in [0.3, 0.4) is 0 Å². The van der Waals surface area contributed by atoms with Crippen LogP contribution < -0.4 is 4.74 Å². The fraction of sp³-hybridized carbons (Fsp3) is 0.400. The summed E-state index contributed by atoms with van der Waals surface area (Å²) in [7, 11) is -3.27. The highest BCUT2D eigenvalue weighted by atomic mass is 32.2. The second kappa shape index (κ2) is 5.92. The first-order valence-corrected chi connectivity index (χ1v) is 7.15. The summed E-state index contributed by atoms with van der Waals surface area (Å²) in [6, 6.07) is 3.73. The van der Waals surface area contributed by atoms with Crippen LogP contribution in [-0.2, 0) is 16.4 Å². The van der Waals surface area contributed by atoms with E-state index in [0.29, 0.717) is 0 Å². The topological polar surface area (TPSA) is 83.8 Å². The summed E-state index contributed by atoms with van der Waals surface area (Å²) in [6.45, 7) is 0. The Kier molecular flexibility index (Phi) is 4.92. The first-order valence-electron chi connectivity index (χ1n) is 5.54. The summed E-state index contributed by atoms with van der Waals surface area (Å²) in [5.41, 5.74) is 0.122. The SMILES string of the molecule is BCc1c(O)cccc1OC(CS(=O)(=O)O)C(F)(F)F. The second-order valence-electron chi connectivity index (χ2n) is 4.00. The van der Waals surface area contributed by atoms with Crippen molar-refractivity contribution in [2.24, 2.45) is 0 Å². The molecule has 0 saturated carbocycles. The Morgan fingerprint density at radius 3 is 2.40 bits per heavy atom. The summed E-state index contributed by atoms with van der Waals surface area (Å²) < 4.78 is 72.6. The Balaban J connectivity index is 3.11. The molecule has 1 aromatic rings. The zero-order valence-electron chi connectivity index (χ0n) is 10.4. The molecule has 0 aliphatic heterocycles. The van der Waals surface area contributed by atoms with Gasteiger partial charge in [0.05, 0.1) is 0 Å². The minimum atomic E-state index is -4.98. The van der Waals surface area contributed by atoms with E-state index in [9.17, 15) is 26.7 Å². The van der Waals surface area contributed by atoms with Gasteiger partial charge in [-0.1, -0.05) is 6.07 Å². The maximum atomic E-state index is 12.7. The van der Waals surface area contributed by atoms with Crippen LogP contribution in [0.1, 0.15) is 5.56 Å². The second-order valence-corrected chi connectivity index (χ2v) is 5.50. The number of alkyl halides is 3. The molecule has 0 fully saturated rings. The van der Waals surface area contributed by atoms with Gasteiger partial charge in [0.2, 0.25) is 6.10 Å². The average molecular weight is 312 g/mol. The maximum absolute atomic E-state index is 12.7. The predicted molar refractivity (Wildman–Crippen MR) is 67.2 cm³/mol. The summed E-state index contributed by atoms with van der Waals surface area (Å²) in [4.78, 5) is 0. The van der Waals surface area contributed by atoms with Gasteiger partial charge in [-0.15, -0.1) is 0 Å². The summed E-state index contributed by atoms with van der Waals surface area (Å²) in [5, 5.41) is 9.51. The molecule has 0 aromatic heterocycles. The largest absolute Gasteiger partial charge is 0.508 e. The monoisotopic (exact) mass is 312 g/mol. The van der Waals surface area contributed by atoms with Gasteiger partial charge in [0.25, 0.3) is 10.1 Å². The lowest BCUT2D eigenvalue weighted by molar-refractivity contribution is -0.188. The molecular weight excluding hydrogens is 300 g/mol. The standard InChI is InChI=1S/C10H12BF3O5S/c11-4-6-7(15)2-1-3-8(6)19-9(10(12,13)14)5-20(16,17)18/h1-3,9,15H,4-5,11H2,(H,16,17,18). The molecule has 1 rings (SSSR count). The molecule has 0 saturated heterocycles. The quantitative estimate of drug-likeness (QED) is 0.618. The van der Waals surface area contributed by atoms with Crippen LogP contribution in [0.25, 0.3) is 0 Å². The van der Waals surface area contributed by atoms with Crippen LogP contribution in [0.2, 0.25) is 0 Å². The van der Waals surface area contributed by atoms with Crippen molar-refractivity contribution in [3.63, 3.8) is 0 Å². The normalized spacial score (nSPS) is 14.0. The fourth-order valence-corrected chi connectivity index (χ4v) is 2.20. The molecule has 1 unspecified atom stereocenters. The van der Waals surface area contributed by atoms with E-state index < -0.39 is 28.2 Å². The number of benzene rings is 1. The van der Waals surface area contributed by atoms with E-state index >= 15 is 0 Å². The van der Waals surface area contributed by atoms with Crippen LogP contribution in [0, 0.1) is 0 Å². The third kappa shape index (κ3) is 4.60. The molecular formula is C10H12BF3O5S. The fourth-order valence-electron chi connectivity index (χ4n) is 1.56. The summed E-state index contributed by atoms with van der Waals surface area (Å²) in [6.07, 6.45) is -7.50. The van der Waals surface area contributed by atoms with Crippen molar-refractivity contribution >= 4 is 18.0 Å². The lowest BCUT2D eigenvalue weighted by atomic mass is 9.95. The molecule has 0 aliphatic carbocycles. The van der Waals surface area contributed by atoms with E-state index in [1.54, 1.807) is 7.85 Å². The van der Waals surface area contributed by atoms with Crippen LogP contribution >= 0.6 is 0 Å². The van der Waals surface area contributed by atoms with E-state index in [4.69, 9.17) is 4.55 Å². The zero-order valence-corrected chi connectivity index (χ0v) is 11.2. The molecule has 0 radical (unpaired) electrons. The average Bonchev–Trinajstić information content (AvgIpc) is 2.25. The number of hydrogen-bond donors (Lipinski definition) is 2. The minimum Gasteiger partial charge on any atom is -0.508 e. The Labute approximate surface area is 114 Å². The van der Waals surface area contributed by atoms with Crippen molar-refractivity contribution in [3.8, 4) is 11.5 Å². The van der Waals surface area contributed by atoms with Crippen molar-refractivity contribution in [1.82, 2.24) is 0 Å². The lowest BCUT2D eigenvalue weighted by Gasteiger charge is -2.22. The van der Waals surface area contributed by atoms with Gasteiger partial charge in [-0.3, -0.25) is 4.55 Å². The van der Waals surface area contributed by atoms with Crippen LogP contribution in [0.5, 0.6) is 11.5 Å². The molecule has 5 nitrogen and oxygen atoms in total. The highest BCUT2D eigenvalue weighted by Gasteiger charge is 2.44. The van der Waals surface area contributed by atoms with E-state index in [2.05, 4.69) is 4.74 Å². The predicted octanol–water partition coefficient (Wildman–Crippen LogP) is 0.723. The Morgan fingerprint density at radius 2 is 1.95 bits per heavy atom. The first kappa shape index (κ1) is 16.6. The minimum absolute atomic E-state index is 0.122. The summed E-state index contributed by atoms with van der Waals surface area (Å²) in [5.74, 6) is -2.15. The van der Waals surface area contributed by atoms with Crippen molar-refractivity contribution < 1.29 is 36.0 Å². The van der Waals surface area contributed by atoms with Crippen molar-refractivity contribution in [2.45, 2.75) is 18.6 Å². The smallest absolute Gasteiger partial charge is 0.426 e. The number of phenols is 1. The lowest BCUT2D eigenvalue weighted by Crippen LogP contribution is -2.40. The van der Waals surface area contributed by atoms with Gasteiger partial charge in [0, 0.05) is 5.56 Å². The highest BCUT2D eigenvalue weighted by molar-refractivity contribution is 7.85. The Morgan fingerprint density at radius 1 is 1.35 bits per heavy atom. The Hall–Kier alpha value is -1.42. The molecule has 0 heterocycles. The molecule has 0 amide bonds. The van der Waals surface area contributed by atoms with Crippen molar-refractivity contribution in [2.75, 3.05) is 5.75 Å². The number of aromatic hydroxyl groups is 1. The van der Waals surface area contributed by atoms with Crippen molar-refractivity contribution in [3.05, 3.63) is 23.8 Å². The summed E-state index contributed by atoms with van der Waals surface area (Å²) >= 11 is 0. The third-order valence-electron chi connectivity index (χ3n) is 2.46. The first-order chi connectivity index (χ1) is 9.04. The molecule has 0 bridgehead atoms. The van der Waals surface area contributed by atoms with Gasteiger partial charge in [-0.05, 0) is 18.5 Å². The van der Waals surface area contributed by atoms with Crippen molar-refractivity contribution in [1.29, 1.82) is 0 Å². The van der Waals surface area contributed by atoms with Gasteiger partial charge in [-0.25, -0.2) is 0 Å². The molecule has 1 aromatic carbocycles. The maximum Gasteiger partial charge on any atom is 0.426 e. The van der Waals surface area contributed by atoms with Gasteiger partial charge in [-0.2, -0.15) is 21.6 Å². The molecule has 2 N–H and O–H groups in total. The number of rotatable bonds is 5. The molecule has 1 atom stereocenters. The van der Waals surface area contributed by atoms with E-state index in [0.717, 1.165) is 0 Å². The number of hydrogen-bond acceptors (Lipinski definition) is 4. The van der Waals surface area contributed by atoms with Crippen LogP contribution in [0.15, 0.2) is 18.2 Å². The molecule has 20 heavy (non-hydrogen) atoms. The third-order valence-corrected chi connectivity index (χ3v) is 3.18. The zero-order chi connectivity index (χ0) is 15.6. The van der Waals surface area contributed by atoms with Gasteiger partial charge in [0.1, 0.15) is 25.1 Å². The molecule has 0 aliphatic rings. The van der Waals surface area contributed by atoms with E-state index in [-0.39, 0.29) is 23.4 Å². The van der Waals surface area contributed by atoms with Crippen LogP contribution in [0.4, 0.5) is 13.2 Å². The van der Waals surface area contributed by atoms with Gasteiger partial charge >= 0.3 is 6.18 Å². The van der Waals surface area contributed by atoms with E-state index in [1.807, 2.05) is 0 Å². The number of phenolic OH excluding ortho intramolecular Hbond substituents is 1. The number of halogens is 3. The highest BCUT2D eigenvalue weighted by Crippen LogP contribution is 2.32. The van der Waals surface area contributed by atoms with Gasteiger partial charge in [0.15, 0.2) is 0 Å². The molecule has 10 heteroatoms. The van der Waals surface area contributed by atoms with Crippen LogP contribution in [-0.4, -0.2) is 44.0 Å². The molecule has 112 valence electrons. The Bertz CT molecular complexity index is 573. The van der Waals surface area contributed by atoms with E-state index in [1.165, 1.54) is 18.2 Å². The van der Waals surface area contributed by atoms with Gasteiger partial charge < -0.3 is 9.84 Å². The number of ether oxygens (including phenoxy) is 1. The molecule has 0 spiro atoms.